The van der Waals surface area contributed by atoms with Gasteiger partial charge in [0.15, 0.2) is 17.1 Å². The molecule has 1 fully saturated rings. The first-order chi connectivity index (χ1) is 20.8. The number of aromatic nitrogens is 6. The molecular formula is C28H34FN11O3. The van der Waals surface area contributed by atoms with E-state index in [9.17, 15) is 9.59 Å². The highest BCUT2D eigenvalue weighted by atomic mass is 19.1. The molecule has 6 rings (SSSR count). The van der Waals surface area contributed by atoms with Gasteiger partial charge in [0, 0.05) is 72.0 Å². The summed E-state index contributed by atoms with van der Waals surface area (Å²) in [6.07, 6.45) is 1.53. The van der Waals surface area contributed by atoms with E-state index in [1.54, 1.807) is 47.8 Å². The summed E-state index contributed by atoms with van der Waals surface area (Å²) in [5.41, 5.74) is 8.17. The number of nitrogens with zero attached hydrogens (tertiary/aromatic N) is 9. The number of piperazine rings is 1. The summed E-state index contributed by atoms with van der Waals surface area (Å²) < 4.78 is 25.0. The average molecular weight is 592 g/mol. The first-order valence-electron chi connectivity index (χ1n) is 14.1. The summed E-state index contributed by atoms with van der Waals surface area (Å²) in [5.74, 6) is 0.311. The number of rotatable bonds is 9. The second kappa shape index (κ2) is 11.5. The van der Waals surface area contributed by atoms with E-state index in [1.807, 2.05) is 11.9 Å². The number of nitrogens with one attached hydrogen (secondary N) is 1. The van der Waals surface area contributed by atoms with E-state index in [0.717, 1.165) is 0 Å². The van der Waals surface area contributed by atoms with Gasteiger partial charge in [-0.1, -0.05) is 0 Å². The zero-order valence-electron chi connectivity index (χ0n) is 24.3. The minimum Gasteiger partial charge on any atom is -0.461 e. The van der Waals surface area contributed by atoms with Gasteiger partial charge >= 0.3 is 5.69 Å². The van der Waals surface area contributed by atoms with Gasteiger partial charge in [0.2, 0.25) is 11.8 Å². The molecule has 1 saturated heterocycles. The Morgan fingerprint density at radius 1 is 1.14 bits per heavy atom. The van der Waals surface area contributed by atoms with E-state index in [4.69, 9.17) is 10.2 Å². The maximum absolute atomic E-state index is 15.1. The van der Waals surface area contributed by atoms with Crippen molar-refractivity contribution in [2.24, 2.45) is 7.05 Å². The molecule has 0 bridgehead atoms. The van der Waals surface area contributed by atoms with E-state index in [2.05, 4.69) is 25.3 Å². The SMILES string of the molecule is CNCCN(C)C(=O)c1ccc(N2CCN(CCn3c(=O)n(C)c4c3nc(N)n3nc(-c5ccco5)nc43)CC2)c(F)c1. The van der Waals surface area contributed by atoms with Gasteiger partial charge in [-0.15, -0.1) is 5.10 Å². The Balaban J connectivity index is 1.14. The first-order valence-corrected chi connectivity index (χ1v) is 14.1. The van der Waals surface area contributed by atoms with E-state index >= 15 is 4.39 Å². The first kappa shape index (κ1) is 28.4. The van der Waals surface area contributed by atoms with Crippen LogP contribution in [0.4, 0.5) is 16.0 Å². The van der Waals surface area contributed by atoms with Gasteiger partial charge in [-0.2, -0.15) is 9.50 Å². The van der Waals surface area contributed by atoms with Gasteiger partial charge in [0.05, 0.1) is 12.0 Å². The lowest BCUT2D eigenvalue weighted by atomic mass is 10.1. The zero-order chi connectivity index (χ0) is 30.2. The molecule has 1 aromatic carbocycles. The maximum atomic E-state index is 15.1. The highest BCUT2D eigenvalue weighted by Gasteiger charge is 2.24. The van der Waals surface area contributed by atoms with Crippen LogP contribution in [0.3, 0.4) is 0 Å². The number of amides is 1. The van der Waals surface area contributed by atoms with Gasteiger partial charge in [0.1, 0.15) is 11.3 Å². The minimum absolute atomic E-state index is 0.111. The van der Waals surface area contributed by atoms with E-state index in [1.165, 1.54) is 21.4 Å². The summed E-state index contributed by atoms with van der Waals surface area (Å²) in [7, 11) is 5.20. The Labute approximate surface area is 246 Å². The maximum Gasteiger partial charge on any atom is 0.330 e. The van der Waals surface area contributed by atoms with Crippen LogP contribution in [0.1, 0.15) is 10.4 Å². The van der Waals surface area contributed by atoms with E-state index in [-0.39, 0.29) is 17.5 Å². The molecule has 0 radical (unpaired) electrons. The van der Waals surface area contributed by atoms with E-state index < -0.39 is 5.82 Å². The van der Waals surface area contributed by atoms with Crippen molar-refractivity contribution in [2.45, 2.75) is 6.54 Å². The third-order valence-electron chi connectivity index (χ3n) is 7.91. The number of carbonyl (C=O) groups is 1. The highest BCUT2D eigenvalue weighted by molar-refractivity contribution is 5.94. The van der Waals surface area contributed by atoms with Crippen LogP contribution in [0.2, 0.25) is 0 Å². The Morgan fingerprint density at radius 3 is 2.63 bits per heavy atom. The number of imidazole rings is 1. The average Bonchev–Trinajstić information content (AvgIpc) is 3.75. The number of hydrogen-bond donors (Lipinski definition) is 2. The topological polar surface area (TPSA) is 148 Å². The highest BCUT2D eigenvalue weighted by Crippen LogP contribution is 2.24. The predicted octanol–water partition coefficient (Wildman–Crippen LogP) is 0.873. The van der Waals surface area contributed by atoms with Crippen LogP contribution in [0.25, 0.3) is 28.4 Å². The third kappa shape index (κ3) is 5.21. The molecule has 0 saturated carbocycles. The summed E-state index contributed by atoms with van der Waals surface area (Å²) in [6, 6.07) is 8.16. The number of nitrogen functional groups attached to an aromatic ring is 1. The van der Waals surface area contributed by atoms with Crippen molar-refractivity contribution in [3.8, 4) is 11.6 Å². The smallest absolute Gasteiger partial charge is 0.330 e. The number of furan rings is 1. The molecular weight excluding hydrogens is 557 g/mol. The third-order valence-corrected chi connectivity index (χ3v) is 7.91. The van der Waals surface area contributed by atoms with Crippen molar-refractivity contribution in [3.63, 3.8) is 0 Å². The van der Waals surface area contributed by atoms with Gasteiger partial charge in [-0.05, 0) is 37.4 Å². The van der Waals surface area contributed by atoms with Crippen LogP contribution in [-0.2, 0) is 13.6 Å². The van der Waals surface area contributed by atoms with Gasteiger partial charge in [0.25, 0.3) is 5.91 Å². The molecule has 0 unspecified atom stereocenters. The summed E-state index contributed by atoms with van der Waals surface area (Å²) in [6.45, 7) is 4.77. The molecule has 43 heavy (non-hydrogen) atoms. The van der Waals surface area contributed by atoms with Crippen LogP contribution in [-0.4, -0.2) is 104 Å². The van der Waals surface area contributed by atoms with Crippen molar-refractivity contribution < 1.29 is 13.6 Å². The lowest BCUT2D eigenvalue weighted by Gasteiger charge is -2.36. The molecule has 0 atom stereocenters. The number of nitrogens with two attached hydrogens (primary N) is 1. The molecule has 3 N–H and O–H groups in total. The molecule has 0 spiro atoms. The Kier molecular flexibility index (Phi) is 7.58. The molecule has 1 aliphatic heterocycles. The predicted molar refractivity (Wildman–Crippen MR) is 160 cm³/mol. The van der Waals surface area contributed by atoms with Crippen molar-refractivity contribution in [3.05, 3.63) is 58.5 Å². The standard InChI is InChI=1S/C28H34FN11O3/c1-31-8-9-35(2)26(41)18-6-7-20(19(29)17-18)38-13-10-37(11-14-38)12-15-39-24-22(36(3)28(39)42)25-32-23(21-5-4-16-43-21)34-40(25)27(30)33-24/h4-7,16-17,31H,8-15H2,1-3H3,(H2,30,33). The molecule has 0 aliphatic carbocycles. The van der Waals surface area contributed by atoms with Crippen LogP contribution in [0, 0.1) is 5.82 Å². The summed E-state index contributed by atoms with van der Waals surface area (Å²) >= 11 is 0. The molecule has 14 nitrogen and oxygen atoms in total. The van der Waals surface area contributed by atoms with Crippen molar-refractivity contribution in [2.75, 3.05) is 70.5 Å². The Bertz CT molecular complexity index is 1830. The fourth-order valence-corrected chi connectivity index (χ4v) is 5.45. The molecule has 1 amide bonds. The monoisotopic (exact) mass is 591 g/mol. The van der Waals surface area contributed by atoms with Crippen LogP contribution in [0.5, 0.6) is 0 Å². The fourth-order valence-electron chi connectivity index (χ4n) is 5.45. The molecule has 4 aromatic heterocycles. The molecule has 5 aromatic rings. The molecule has 226 valence electrons. The van der Waals surface area contributed by atoms with Crippen LogP contribution < -0.4 is 21.6 Å². The van der Waals surface area contributed by atoms with Crippen molar-refractivity contribution in [1.29, 1.82) is 0 Å². The lowest BCUT2D eigenvalue weighted by Crippen LogP contribution is -2.47. The number of halogens is 1. The quantitative estimate of drug-likeness (QED) is 0.253. The number of benzene rings is 1. The van der Waals surface area contributed by atoms with Crippen LogP contribution in [0.15, 0.2) is 45.8 Å². The zero-order valence-corrected chi connectivity index (χ0v) is 24.3. The van der Waals surface area contributed by atoms with Gasteiger partial charge < -0.3 is 25.3 Å². The summed E-state index contributed by atoms with van der Waals surface area (Å²) in [5, 5.41) is 7.42. The number of hydrogen-bond acceptors (Lipinski definition) is 10. The lowest BCUT2D eigenvalue weighted by molar-refractivity contribution is 0.0796. The van der Waals surface area contributed by atoms with Gasteiger partial charge in [-0.25, -0.2) is 14.2 Å². The largest absolute Gasteiger partial charge is 0.461 e. The van der Waals surface area contributed by atoms with Crippen molar-refractivity contribution in [1.82, 2.24) is 43.8 Å². The minimum atomic E-state index is -0.415. The number of fused-ring (bicyclic) bond motifs is 3. The number of aryl methyl sites for hydroxylation is 1. The second-order valence-electron chi connectivity index (χ2n) is 10.6. The van der Waals surface area contributed by atoms with Crippen molar-refractivity contribution >= 4 is 34.4 Å². The number of anilines is 2. The fraction of sp³-hybridized carbons (Fsp3) is 0.393. The second-order valence-corrected chi connectivity index (χ2v) is 10.6. The molecule has 5 heterocycles. The Hall–Kier alpha value is -4.76. The van der Waals surface area contributed by atoms with E-state index in [0.29, 0.717) is 92.0 Å². The van der Waals surface area contributed by atoms with Gasteiger partial charge in [-0.3, -0.25) is 18.8 Å². The Morgan fingerprint density at radius 2 is 1.93 bits per heavy atom. The normalized spacial score (nSPS) is 14.3. The van der Waals surface area contributed by atoms with Crippen LogP contribution >= 0.6 is 0 Å². The number of likely N-dealkylation sites (N-methyl/N-ethyl adjacent to an activating group) is 2. The molecule has 1 aliphatic rings. The summed E-state index contributed by atoms with van der Waals surface area (Å²) in [4.78, 5) is 40.8. The number of carbonyl (C=O) groups excluding carboxylic acids is 1. The molecule has 15 heteroatoms.